The molecular formula is C22H32N4O3S. The summed E-state index contributed by atoms with van der Waals surface area (Å²) < 4.78 is 5.48. The van der Waals surface area contributed by atoms with E-state index in [0.29, 0.717) is 24.8 Å². The Morgan fingerprint density at radius 3 is 2.63 bits per heavy atom. The first kappa shape index (κ1) is 21.3. The fourth-order valence-electron chi connectivity index (χ4n) is 4.35. The number of carbonyl (C=O) groups is 1. The lowest BCUT2D eigenvalue weighted by Crippen LogP contribution is -2.50. The first-order valence-corrected chi connectivity index (χ1v) is 11.7. The van der Waals surface area contributed by atoms with E-state index in [0.717, 1.165) is 42.6 Å². The zero-order valence-electron chi connectivity index (χ0n) is 18.6. The summed E-state index contributed by atoms with van der Waals surface area (Å²) in [6.07, 6.45) is 2.90. The Balaban J connectivity index is 1.48. The van der Waals surface area contributed by atoms with E-state index in [9.17, 15) is 9.59 Å². The molecule has 164 valence electrons. The molecule has 2 aromatic rings. The summed E-state index contributed by atoms with van der Waals surface area (Å²) in [5.41, 5.74) is 0.714. The van der Waals surface area contributed by atoms with Crippen molar-refractivity contribution in [2.24, 2.45) is 5.92 Å². The van der Waals surface area contributed by atoms with Crippen LogP contribution in [0.2, 0.25) is 0 Å². The zero-order valence-corrected chi connectivity index (χ0v) is 19.4. The average Bonchev–Trinajstić information content (AvgIpc) is 3.04. The van der Waals surface area contributed by atoms with Crippen LogP contribution in [0.5, 0.6) is 0 Å². The van der Waals surface area contributed by atoms with Crippen molar-refractivity contribution in [3.8, 4) is 0 Å². The number of rotatable bonds is 2. The highest BCUT2D eigenvalue weighted by molar-refractivity contribution is 7.18. The number of aryl methyl sites for hydroxylation is 1. The Morgan fingerprint density at radius 1 is 1.27 bits per heavy atom. The largest absolute Gasteiger partial charge is 0.444 e. The molecular weight excluding hydrogens is 400 g/mol. The van der Waals surface area contributed by atoms with Crippen LogP contribution in [0.25, 0.3) is 10.2 Å². The maximum Gasteiger partial charge on any atom is 0.410 e. The van der Waals surface area contributed by atoms with E-state index in [1.807, 2.05) is 20.8 Å². The summed E-state index contributed by atoms with van der Waals surface area (Å²) in [4.78, 5) is 39.3. The third-order valence-electron chi connectivity index (χ3n) is 6.09. The Bertz CT molecular complexity index is 998. The molecule has 4 rings (SSSR count). The first-order chi connectivity index (χ1) is 14.1. The summed E-state index contributed by atoms with van der Waals surface area (Å²) in [7, 11) is 0. The number of aromatic nitrogens is 2. The number of ether oxygens (including phenoxy) is 1. The van der Waals surface area contributed by atoms with Gasteiger partial charge in [-0.25, -0.2) is 9.78 Å². The molecule has 0 bridgehead atoms. The molecule has 0 spiro atoms. The van der Waals surface area contributed by atoms with Gasteiger partial charge in [-0.05, 0) is 58.4 Å². The zero-order chi connectivity index (χ0) is 21.6. The van der Waals surface area contributed by atoms with Crippen molar-refractivity contribution in [3.63, 3.8) is 0 Å². The van der Waals surface area contributed by atoms with Crippen LogP contribution < -0.4 is 5.56 Å². The van der Waals surface area contributed by atoms with Crippen molar-refractivity contribution in [3.05, 3.63) is 26.6 Å². The number of fused-ring (bicyclic) bond motifs is 3. The van der Waals surface area contributed by atoms with E-state index in [2.05, 4.69) is 23.7 Å². The minimum Gasteiger partial charge on any atom is -0.444 e. The van der Waals surface area contributed by atoms with Crippen LogP contribution in [0.15, 0.2) is 4.79 Å². The van der Waals surface area contributed by atoms with Gasteiger partial charge >= 0.3 is 6.09 Å². The number of amides is 1. The van der Waals surface area contributed by atoms with Crippen LogP contribution in [0, 0.1) is 5.92 Å². The van der Waals surface area contributed by atoms with Gasteiger partial charge in [-0.3, -0.25) is 9.69 Å². The quantitative estimate of drug-likeness (QED) is 0.782. The maximum atomic E-state index is 12.9. The molecule has 2 unspecified atom stereocenters. The minimum absolute atomic E-state index is 0.0127. The number of piperazine rings is 1. The average molecular weight is 433 g/mol. The van der Waals surface area contributed by atoms with Gasteiger partial charge in [0.25, 0.3) is 5.56 Å². The number of aromatic amines is 1. The monoisotopic (exact) mass is 432 g/mol. The molecule has 1 saturated heterocycles. The normalized spacial score (nSPS) is 21.5. The summed E-state index contributed by atoms with van der Waals surface area (Å²) >= 11 is 1.69. The molecule has 0 saturated carbocycles. The number of hydrogen-bond acceptors (Lipinski definition) is 6. The van der Waals surface area contributed by atoms with Crippen LogP contribution in [0.4, 0.5) is 4.79 Å². The predicted octanol–water partition coefficient (Wildman–Crippen LogP) is 3.72. The second kappa shape index (κ2) is 7.96. The van der Waals surface area contributed by atoms with Gasteiger partial charge in [0.2, 0.25) is 0 Å². The van der Waals surface area contributed by atoms with E-state index in [1.165, 1.54) is 10.4 Å². The fraction of sp³-hybridized carbons (Fsp3) is 0.682. The van der Waals surface area contributed by atoms with Crippen LogP contribution in [0.1, 0.15) is 63.3 Å². The molecule has 8 heteroatoms. The van der Waals surface area contributed by atoms with E-state index in [-0.39, 0.29) is 17.7 Å². The first-order valence-electron chi connectivity index (χ1n) is 10.9. The maximum absolute atomic E-state index is 12.9. The number of thiophene rings is 1. The van der Waals surface area contributed by atoms with E-state index in [4.69, 9.17) is 9.72 Å². The molecule has 1 aliphatic heterocycles. The third-order valence-corrected chi connectivity index (χ3v) is 7.24. The Labute approximate surface area is 181 Å². The van der Waals surface area contributed by atoms with Gasteiger partial charge in [0, 0.05) is 31.1 Å². The van der Waals surface area contributed by atoms with Gasteiger partial charge in [0.1, 0.15) is 16.3 Å². The summed E-state index contributed by atoms with van der Waals surface area (Å²) in [6, 6.07) is -0.0130. The van der Waals surface area contributed by atoms with Crippen molar-refractivity contribution in [2.45, 2.75) is 65.5 Å². The minimum atomic E-state index is -0.488. The molecule has 30 heavy (non-hydrogen) atoms. The second-order valence-corrected chi connectivity index (χ2v) is 10.7. The van der Waals surface area contributed by atoms with Gasteiger partial charge in [-0.15, -0.1) is 11.3 Å². The van der Waals surface area contributed by atoms with Gasteiger partial charge in [-0.2, -0.15) is 0 Å². The highest BCUT2D eigenvalue weighted by Crippen LogP contribution is 2.36. The standard InChI is InChI=1S/C22H32N4O3S/c1-13-6-7-15-16(12-13)30-20-17(15)19(27)23-18(24-20)14(2)25-8-10-26(11-9-25)21(28)29-22(3,4)5/h13-14H,6-12H2,1-5H3,(H,23,24,27). The van der Waals surface area contributed by atoms with Crippen molar-refractivity contribution < 1.29 is 9.53 Å². The predicted molar refractivity (Wildman–Crippen MR) is 119 cm³/mol. The molecule has 1 amide bonds. The van der Waals surface area contributed by atoms with Crippen LogP contribution >= 0.6 is 11.3 Å². The van der Waals surface area contributed by atoms with Crippen LogP contribution in [-0.4, -0.2) is 57.6 Å². The Morgan fingerprint density at radius 2 is 1.97 bits per heavy atom. The van der Waals surface area contributed by atoms with Crippen molar-refractivity contribution in [1.82, 2.24) is 19.8 Å². The number of H-pyrrole nitrogens is 1. The molecule has 0 radical (unpaired) electrons. The molecule has 2 aliphatic rings. The lowest BCUT2D eigenvalue weighted by atomic mass is 9.89. The van der Waals surface area contributed by atoms with Gasteiger partial charge in [0.15, 0.2) is 0 Å². The van der Waals surface area contributed by atoms with Crippen molar-refractivity contribution >= 4 is 27.6 Å². The SMILES string of the molecule is CC1CCc2c(sc3nc(C(C)N4CCN(C(=O)OC(C)(C)C)CC4)[nH]c(=O)c23)C1. The summed E-state index contributed by atoms with van der Waals surface area (Å²) in [5, 5.41) is 0.799. The molecule has 3 heterocycles. The molecule has 0 aromatic carbocycles. The van der Waals surface area contributed by atoms with E-state index in [1.54, 1.807) is 16.2 Å². The smallest absolute Gasteiger partial charge is 0.410 e. The van der Waals surface area contributed by atoms with E-state index < -0.39 is 5.60 Å². The van der Waals surface area contributed by atoms with Gasteiger partial charge in [0.05, 0.1) is 11.4 Å². The van der Waals surface area contributed by atoms with E-state index >= 15 is 0 Å². The summed E-state index contributed by atoms with van der Waals surface area (Å²) in [5.74, 6) is 1.38. The Kier molecular flexibility index (Phi) is 5.66. The molecule has 7 nitrogen and oxygen atoms in total. The van der Waals surface area contributed by atoms with Crippen LogP contribution in [-0.2, 0) is 17.6 Å². The van der Waals surface area contributed by atoms with Gasteiger partial charge in [-0.1, -0.05) is 6.92 Å². The van der Waals surface area contributed by atoms with Crippen molar-refractivity contribution in [2.75, 3.05) is 26.2 Å². The number of nitrogens with one attached hydrogen (secondary N) is 1. The number of hydrogen-bond donors (Lipinski definition) is 1. The third kappa shape index (κ3) is 4.25. The topological polar surface area (TPSA) is 78.5 Å². The van der Waals surface area contributed by atoms with Gasteiger partial charge < -0.3 is 14.6 Å². The van der Waals surface area contributed by atoms with Crippen molar-refractivity contribution in [1.29, 1.82) is 0 Å². The Hall–Kier alpha value is -1.93. The lowest BCUT2D eigenvalue weighted by molar-refractivity contribution is 0.0107. The summed E-state index contributed by atoms with van der Waals surface area (Å²) in [6.45, 7) is 12.6. The fourth-order valence-corrected chi connectivity index (χ4v) is 5.75. The molecule has 1 aliphatic carbocycles. The molecule has 2 atom stereocenters. The number of carbonyl (C=O) groups excluding carboxylic acids is 1. The molecule has 1 N–H and O–H groups in total. The highest BCUT2D eigenvalue weighted by Gasteiger charge is 2.30. The molecule has 1 fully saturated rings. The number of nitrogens with zero attached hydrogens (tertiary/aromatic N) is 3. The second-order valence-electron chi connectivity index (χ2n) is 9.66. The lowest BCUT2D eigenvalue weighted by Gasteiger charge is -2.38. The van der Waals surface area contributed by atoms with Crippen LogP contribution in [0.3, 0.4) is 0 Å². The molecule has 2 aromatic heterocycles. The highest BCUT2D eigenvalue weighted by atomic mass is 32.1.